The Hall–Kier alpha value is -1.01. The van der Waals surface area contributed by atoms with Gasteiger partial charge in [0.05, 0.1) is 32.0 Å². The van der Waals surface area contributed by atoms with Crippen molar-refractivity contribution in [2.24, 2.45) is 0 Å². The summed E-state index contributed by atoms with van der Waals surface area (Å²) in [7, 11) is -2.14. The van der Waals surface area contributed by atoms with Crippen molar-refractivity contribution in [2.75, 3.05) is 20.3 Å². The smallest absolute Gasteiger partial charge is 0.192 e. The van der Waals surface area contributed by atoms with E-state index in [0.717, 1.165) is 37.0 Å². The molecule has 6 nitrogen and oxygen atoms in total. The largest absolute Gasteiger partial charge is 0.497 e. The average Bonchev–Trinajstić information content (AvgIpc) is 2.85. The molecule has 3 atom stereocenters. The standard InChI is InChI=1S/C32H60O6Si2/c1-31(2,3)39(8,9)37-24-14-16-29(33)30(34)22-21-28(38-40(10,11)32(4,5)6)15-12-13-23-36-25-26-17-19-27(35-7)20-18-26/h17-22,28-30,33-34H,12-16,23-25H2,1-11H3/b22-21+/t28-,29-,30-/m0/s1. The molecule has 1 aromatic carbocycles. The van der Waals surface area contributed by atoms with Crippen molar-refractivity contribution in [3.63, 3.8) is 0 Å². The summed E-state index contributed by atoms with van der Waals surface area (Å²) in [6.07, 6.45) is 5.78. The Morgan fingerprint density at radius 1 is 0.775 bits per heavy atom. The first-order valence-electron chi connectivity index (χ1n) is 15.0. The van der Waals surface area contributed by atoms with Crippen LogP contribution in [0, 0.1) is 0 Å². The quantitative estimate of drug-likeness (QED) is 0.102. The van der Waals surface area contributed by atoms with E-state index in [-0.39, 0.29) is 16.2 Å². The minimum Gasteiger partial charge on any atom is -0.497 e. The van der Waals surface area contributed by atoms with E-state index in [1.54, 1.807) is 13.2 Å². The molecule has 0 bridgehead atoms. The fourth-order valence-electron chi connectivity index (χ4n) is 3.58. The zero-order valence-electron chi connectivity index (χ0n) is 27.4. The molecular weight excluding hydrogens is 537 g/mol. The van der Waals surface area contributed by atoms with Gasteiger partial charge in [-0.1, -0.05) is 65.8 Å². The van der Waals surface area contributed by atoms with Crippen LogP contribution in [0.1, 0.15) is 79.2 Å². The van der Waals surface area contributed by atoms with Gasteiger partial charge in [0, 0.05) is 13.2 Å². The van der Waals surface area contributed by atoms with Crippen LogP contribution in [0.2, 0.25) is 36.3 Å². The van der Waals surface area contributed by atoms with Crippen LogP contribution >= 0.6 is 0 Å². The van der Waals surface area contributed by atoms with Crippen LogP contribution in [0.15, 0.2) is 36.4 Å². The molecule has 0 radical (unpaired) electrons. The van der Waals surface area contributed by atoms with Crippen LogP contribution in [-0.2, 0) is 20.2 Å². The van der Waals surface area contributed by atoms with Crippen molar-refractivity contribution in [2.45, 2.75) is 135 Å². The molecule has 0 fully saturated rings. The van der Waals surface area contributed by atoms with Gasteiger partial charge in [0.1, 0.15) is 5.75 Å². The molecule has 0 unspecified atom stereocenters. The summed E-state index contributed by atoms with van der Waals surface area (Å²) in [5.41, 5.74) is 1.13. The van der Waals surface area contributed by atoms with Crippen molar-refractivity contribution in [1.82, 2.24) is 0 Å². The van der Waals surface area contributed by atoms with Gasteiger partial charge in [0.15, 0.2) is 16.6 Å². The minimum atomic E-state index is -2.00. The highest BCUT2D eigenvalue weighted by atomic mass is 28.4. The summed E-state index contributed by atoms with van der Waals surface area (Å²) in [6, 6.07) is 7.94. The first kappa shape index (κ1) is 37.0. The van der Waals surface area contributed by atoms with Crippen molar-refractivity contribution in [3.05, 3.63) is 42.0 Å². The number of rotatable bonds is 18. The van der Waals surface area contributed by atoms with Crippen LogP contribution in [-0.4, -0.2) is 65.5 Å². The molecule has 1 aromatic rings. The second-order valence-electron chi connectivity index (χ2n) is 14.0. The lowest BCUT2D eigenvalue weighted by atomic mass is 10.1. The van der Waals surface area contributed by atoms with Crippen LogP contribution in [0.3, 0.4) is 0 Å². The zero-order valence-corrected chi connectivity index (χ0v) is 29.4. The fourth-order valence-corrected chi connectivity index (χ4v) is 5.98. The monoisotopic (exact) mass is 596 g/mol. The molecule has 0 heterocycles. The Kier molecular flexibility index (Phi) is 15.3. The lowest BCUT2D eigenvalue weighted by Gasteiger charge is -2.38. The summed E-state index contributed by atoms with van der Waals surface area (Å²) in [6.45, 7) is 24.2. The maximum atomic E-state index is 10.7. The minimum absolute atomic E-state index is 0.0862. The van der Waals surface area contributed by atoms with E-state index in [2.05, 4.69) is 67.7 Å². The van der Waals surface area contributed by atoms with Crippen molar-refractivity contribution in [1.29, 1.82) is 0 Å². The number of ether oxygens (including phenoxy) is 2. The highest BCUT2D eigenvalue weighted by Gasteiger charge is 2.39. The number of hydrogen-bond donors (Lipinski definition) is 2. The molecule has 0 aliphatic heterocycles. The maximum Gasteiger partial charge on any atom is 0.192 e. The highest BCUT2D eigenvalue weighted by molar-refractivity contribution is 6.74. The van der Waals surface area contributed by atoms with Crippen molar-refractivity contribution in [3.8, 4) is 5.75 Å². The van der Waals surface area contributed by atoms with E-state index >= 15 is 0 Å². The summed E-state index contributed by atoms with van der Waals surface area (Å²) < 4.78 is 24.0. The third-order valence-electron chi connectivity index (χ3n) is 8.54. The highest BCUT2D eigenvalue weighted by Crippen LogP contribution is 2.38. The van der Waals surface area contributed by atoms with Gasteiger partial charge in [-0.25, -0.2) is 0 Å². The Balaban J connectivity index is 2.59. The number of hydrogen-bond acceptors (Lipinski definition) is 6. The lowest BCUT2D eigenvalue weighted by molar-refractivity contribution is 0.0384. The number of benzene rings is 1. The van der Waals surface area contributed by atoms with Gasteiger partial charge in [-0.3, -0.25) is 0 Å². The molecule has 8 heteroatoms. The summed E-state index contributed by atoms with van der Waals surface area (Å²) in [5.74, 6) is 0.845. The third kappa shape index (κ3) is 13.3. The molecule has 2 N–H and O–H groups in total. The Bertz CT molecular complexity index is 856. The van der Waals surface area contributed by atoms with Gasteiger partial charge in [-0.05, 0) is 86.1 Å². The number of methoxy groups -OCH3 is 1. The molecule has 0 spiro atoms. The lowest BCUT2D eigenvalue weighted by Crippen LogP contribution is -2.43. The average molecular weight is 597 g/mol. The predicted octanol–water partition coefficient (Wildman–Crippen LogP) is 7.85. The number of unbranched alkanes of at least 4 members (excludes halogenated alkanes) is 1. The summed E-state index contributed by atoms with van der Waals surface area (Å²) in [5, 5.41) is 21.5. The molecular formula is C32H60O6Si2. The molecule has 0 aliphatic rings. The maximum absolute atomic E-state index is 10.7. The van der Waals surface area contributed by atoms with E-state index in [9.17, 15) is 10.2 Å². The van der Waals surface area contributed by atoms with Crippen LogP contribution in [0.5, 0.6) is 5.75 Å². The van der Waals surface area contributed by atoms with Crippen LogP contribution in [0.25, 0.3) is 0 Å². The second kappa shape index (κ2) is 16.6. The van der Waals surface area contributed by atoms with Gasteiger partial charge in [0.2, 0.25) is 0 Å². The topological polar surface area (TPSA) is 77.4 Å². The van der Waals surface area contributed by atoms with Gasteiger partial charge >= 0.3 is 0 Å². The Morgan fingerprint density at radius 3 is 1.93 bits per heavy atom. The summed E-state index contributed by atoms with van der Waals surface area (Å²) >= 11 is 0. The zero-order chi connectivity index (χ0) is 30.6. The van der Waals surface area contributed by atoms with Gasteiger partial charge in [0.25, 0.3) is 0 Å². The molecule has 1 rings (SSSR count). The fraction of sp³-hybridized carbons (Fsp3) is 0.750. The van der Waals surface area contributed by atoms with Crippen LogP contribution in [0.4, 0.5) is 0 Å². The molecule has 0 saturated carbocycles. The molecule has 0 saturated heterocycles. The molecule has 0 amide bonds. The van der Waals surface area contributed by atoms with E-state index in [0.29, 0.717) is 26.2 Å². The normalized spacial score (nSPS) is 15.8. The van der Waals surface area contributed by atoms with Gasteiger partial charge in [-0.15, -0.1) is 0 Å². The SMILES string of the molecule is COc1ccc(COCCCC[C@@H](/C=C/[C@H](O)[C@@H](O)CCCO[Si](C)(C)C(C)(C)C)O[Si](C)(C)C(C)(C)C)cc1. The first-order valence-corrected chi connectivity index (χ1v) is 20.8. The molecule has 232 valence electrons. The van der Waals surface area contributed by atoms with Crippen molar-refractivity contribution < 1.29 is 28.5 Å². The predicted molar refractivity (Wildman–Crippen MR) is 172 cm³/mol. The third-order valence-corrected chi connectivity index (χ3v) is 17.6. The Labute approximate surface area is 247 Å². The Morgan fingerprint density at radius 2 is 1.38 bits per heavy atom. The second-order valence-corrected chi connectivity index (χ2v) is 23.6. The van der Waals surface area contributed by atoms with Crippen LogP contribution < -0.4 is 4.74 Å². The van der Waals surface area contributed by atoms with Crippen molar-refractivity contribution >= 4 is 16.6 Å². The molecule has 0 aliphatic carbocycles. The van der Waals surface area contributed by atoms with Gasteiger partial charge < -0.3 is 28.5 Å². The van der Waals surface area contributed by atoms with E-state index in [1.807, 2.05) is 30.3 Å². The summed E-state index contributed by atoms with van der Waals surface area (Å²) in [4.78, 5) is 0. The van der Waals surface area contributed by atoms with E-state index < -0.39 is 28.8 Å². The number of aliphatic hydroxyl groups excluding tert-OH is 2. The first-order chi connectivity index (χ1) is 18.4. The molecule has 40 heavy (non-hydrogen) atoms. The van der Waals surface area contributed by atoms with E-state index in [4.69, 9.17) is 18.3 Å². The van der Waals surface area contributed by atoms with Gasteiger partial charge in [-0.2, -0.15) is 0 Å². The number of aliphatic hydroxyl groups is 2. The van der Waals surface area contributed by atoms with E-state index in [1.165, 1.54) is 0 Å². The molecule has 0 aromatic heterocycles.